The Morgan fingerprint density at radius 3 is 2.79 bits per heavy atom. The summed E-state index contributed by atoms with van der Waals surface area (Å²) in [6.45, 7) is 2.76. The van der Waals surface area contributed by atoms with Crippen LogP contribution >= 0.6 is 11.6 Å². The third-order valence-corrected chi connectivity index (χ3v) is 6.29. The first-order valence-corrected chi connectivity index (χ1v) is 11.3. The van der Waals surface area contributed by atoms with Crippen LogP contribution in [0.1, 0.15) is 31.6 Å². The molecule has 3 heterocycles. The number of ether oxygens (including phenoxy) is 1. The van der Waals surface area contributed by atoms with Gasteiger partial charge >= 0.3 is 0 Å². The summed E-state index contributed by atoms with van der Waals surface area (Å²) in [5.74, 6) is 1.22. The molecule has 0 spiro atoms. The highest BCUT2D eigenvalue weighted by atomic mass is 35.5. The van der Waals surface area contributed by atoms with Crippen molar-refractivity contribution in [3.8, 4) is 17.1 Å². The Hall–Kier alpha value is -3.39. The van der Waals surface area contributed by atoms with Gasteiger partial charge in [-0.3, -0.25) is 14.5 Å². The van der Waals surface area contributed by atoms with Crippen LogP contribution in [-0.2, 0) is 9.59 Å². The van der Waals surface area contributed by atoms with Gasteiger partial charge in [-0.15, -0.1) is 0 Å². The second-order valence-electron chi connectivity index (χ2n) is 8.29. The van der Waals surface area contributed by atoms with Gasteiger partial charge in [-0.25, -0.2) is 0 Å². The molecule has 0 unspecified atom stereocenters. The third kappa shape index (κ3) is 4.30. The van der Waals surface area contributed by atoms with E-state index in [1.807, 2.05) is 24.3 Å². The Balaban J connectivity index is 1.29. The predicted octanol–water partition coefficient (Wildman–Crippen LogP) is 3.91. The van der Waals surface area contributed by atoms with E-state index < -0.39 is 6.10 Å². The number of hydrogen-bond acceptors (Lipinski definition) is 6. The van der Waals surface area contributed by atoms with E-state index in [9.17, 15) is 9.59 Å². The molecule has 33 heavy (non-hydrogen) atoms. The van der Waals surface area contributed by atoms with Gasteiger partial charge in [0, 0.05) is 23.7 Å². The van der Waals surface area contributed by atoms with Crippen LogP contribution in [0.3, 0.4) is 0 Å². The van der Waals surface area contributed by atoms with Crippen molar-refractivity contribution >= 4 is 29.1 Å². The minimum atomic E-state index is -0.633. The van der Waals surface area contributed by atoms with Gasteiger partial charge < -0.3 is 14.2 Å². The van der Waals surface area contributed by atoms with Crippen LogP contribution in [0.25, 0.3) is 11.4 Å². The molecule has 2 atom stereocenters. The highest BCUT2D eigenvalue weighted by Gasteiger charge is 2.35. The van der Waals surface area contributed by atoms with Crippen molar-refractivity contribution in [3.63, 3.8) is 0 Å². The molecule has 0 radical (unpaired) electrons. The van der Waals surface area contributed by atoms with Crippen molar-refractivity contribution in [2.45, 2.75) is 31.8 Å². The Bertz CT molecular complexity index is 1180. The lowest BCUT2D eigenvalue weighted by Gasteiger charge is -2.36. The predicted molar refractivity (Wildman–Crippen MR) is 122 cm³/mol. The van der Waals surface area contributed by atoms with Gasteiger partial charge in [0.25, 0.3) is 5.91 Å². The van der Waals surface area contributed by atoms with Crippen LogP contribution in [-0.4, -0.2) is 52.6 Å². The summed E-state index contributed by atoms with van der Waals surface area (Å²) < 4.78 is 11.2. The molecular weight excluding hydrogens is 444 g/mol. The van der Waals surface area contributed by atoms with Crippen LogP contribution in [0.5, 0.6) is 5.75 Å². The molecule has 1 saturated heterocycles. The van der Waals surface area contributed by atoms with Crippen molar-refractivity contribution in [2.75, 3.05) is 24.5 Å². The molecule has 0 bridgehead atoms. The van der Waals surface area contributed by atoms with Crippen LogP contribution in [0.4, 0.5) is 5.69 Å². The van der Waals surface area contributed by atoms with E-state index in [1.54, 1.807) is 36.1 Å². The molecule has 1 aromatic heterocycles. The number of rotatable bonds is 4. The number of benzene rings is 2. The SMILES string of the molecule is C[C@H]1Oc2ccccc2N(CC(=O)N2CCC[C@H](c3nc(-c4ccc(Cl)cc4)no3)C2)C1=O. The molecule has 9 heteroatoms. The monoisotopic (exact) mass is 466 g/mol. The van der Waals surface area contributed by atoms with Crippen molar-refractivity contribution < 1.29 is 18.8 Å². The zero-order chi connectivity index (χ0) is 22.9. The number of fused-ring (bicyclic) bond motifs is 1. The summed E-state index contributed by atoms with van der Waals surface area (Å²) >= 11 is 5.95. The Kier molecular flexibility index (Phi) is 5.76. The van der Waals surface area contributed by atoms with Crippen molar-refractivity contribution in [1.82, 2.24) is 15.0 Å². The number of carbonyl (C=O) groups excluding carboxylic acids is 2. The van der Waals surface area contributed by atoms with Crippen LogP contribution in [0, 0.1) is 0 Å². The average Bonchev–Trinajstić information content (AvgIpc) is 3.33. The lowest BCUT2D eigenvalue weighted by molar-refractivity contribution is -0.134. The average molecular weight is 467 g/mol. The topological polar surface area (TPSA) is 88.8 Å². The lowest BCUT2D eigenvalue weighted by Crippen LogP contribution is -2.51. The number of piperidine rings is 1. The van der Waals surface area contributed by atoms with E-state index in [2.05, 4.69) is 10.1 Å². The number of anilines is 1. The Morgan fingerprint density at radius 1 is 1.18 bits per heavy atom. The van der Waals surface area contributed by atoms with Gasteiger partial charge in [0.15, 0.2) is 6.10 Å². The number of nitrogens with zero attached hydrogens (tertiary/aromatic N) is 4. The molecule has 2 aliphatic rings. The number of para-hydroxylation sites is 2. The second kappa shape index (κ2) is 8.86. The maximum Gasteiger partial charge on any atom is 0.268 e. The fourth-order valence-corrected chi connectivity index (χ4v) is 4.41. The van der Waals surface area contributed by atoms with Crippen LogP contribution < -0.4 is 9.64 Å². The molecule has 0 aliphatic carbocycles. The van der Waals surface area contributed by atoms with E-state index in [4.69, 9.17) is 20.9 Å². The van der Waals surface area contributed by atoms with Gasteiger partial charge in [0.05, 0.1) is 11.6 Å². The van der Waals surface area contributed by atoms with Crippen molar-refractivity contribution in [2.24, 2.45) is 0 Å². The van der Waals surface area contributed by atoms with E-state index in [0.717, 1.165) is 18.4 Å². The minimum absolute atomic E-state index is 0.0316. The summed E-state index contributed by atoms with van der Waals surface area (Å²) in [7, 11) is 0. The maximum atomic E-state index is 13.2. The third-order valence-electron chi connectivity index (χ3n) is 6.03. The number of hydrogen-bond donors (Lipinski definition) is 0. The minimum Gasteiger partial charge on any atom is -0.479 e. The smallest absolute Gasteiger partial charge is 0.268 e. The van der Waals surface area contributed by atoms with Gasteiger partial charge in [-0.05, 0) is 56.2 Å². The lowest BCUT2D eigenvalue weighted by atomic mass is 9.98. The zero-order valence-electron chi connectivity index (χ0n) is 18.1. The standard InChI is InChI=1S/C24H23ClN4O4/c1-15-24(31)29(19-6-2-3-7-20(19)32-15)14-21(30)28-12-4-5-17(13-28)23-26-22(27-33-23)16-8-10-18(25)11-9-16/h2-3,6-11,15,17H,4-5,12-14H2,1H3/t15-,17+/m1/s1. The van der Waals surface area contributed by atoms with Gasteiger partial charge in [-0.1, -0.05) is 28.9 Å². The van der Waals surface area contributed by atoms with E-state index in [-0.39, 0.29) is 24.3 Å². The molecule has 2 aliphatic heterocycles. The van der Waals surface area contributed by atoms with Gasteiger partial charge in [0.2, 0.25) is 17.6 Å². The number of likely N-dealkylation sites (tertiary alicyclic amines) is 1. The largest absolute Gasteiger partial charge is 0.479 e. The van der Waals surface area contributed by atoms with E-state index in [1.165, 1.54) is 4.90 Å². The van der Waals surface area contributed by atoms with Gasteiger partial charge in [0.1, 0.15) is 12.3 Å². The first-order valence-electron chi connectivity index (χ1n) is 10.9. The summed E-state index contributed by atoms with van der Waals surface area (Å²) in [6.07, 6.45) is 1.04. The summed E-state index contributed by atoms with van der Waals surface area (Å²) in [5.41, 5.74) is 1.43. The highest BCUT2D eigenvalue weighted by molar-refractivity contribution is 6.30. The molecule has 0 saturated carbocycles. The molecule has 170 valence electrons. The number of aromatic nitrogens is 2. The fourth-order valence-electron chi connectivity index (χ4n) is 4.28. The summed E-state index contributed by atoms with van der Waals surface area (Å²) in [4.78, 5) is 33.8. The molecule has 8 nitrogen and oxygen atoms in total. The quantitative estimate of drug-likeness (QED) is 0.579. The van der Waals surface area contributed by atoms with Crippen LogP contribution in [0.2, 0.25) is 5.02 Å². The molecular formula is C24H23ClN4O4. The Labute approximate surface area is 196 Å². The van der Waals surface area contributed by atoms with E-state index in [0.29, 0.717) is 41.3 Å². The first kappa shape index (κ1) is 21.5. The molecule has 3 aromatic rings. The normalized spacial score (nSPS) is 20.4. The molecule has 1 fully saturated rings. The highest BCUT2D eigenvalue weighted by Crippen LogP contribution is 2.34. The second-order valence-corrected chi connectivity index (χ2v) is 8.73. The number of halogens is 1. The Morgan fingerprint density at radius 2 is 1.97 bits per heavy atom. The molecule has 5 rings (SSSR count). The van der Waals surface area contributed by atoms with Gasteiger partial charge in [-0.2, -0.15) is 4.98 Å². The van der Waals surface area contributed by atoms with Crippen molar-refractivity contribution in [3.05, 3.63) is 59.4 Å². The van der Waals surface area contributed by atoms with Crippen molar-refractivity contribution in [1.29, 1.82) is 0 Å². The zero-order valence-corrected chi connectivity index (χ0v) is 18.9. The fraction of sp³-hybridized carbons (Fsp3) is 0.333. The molecule has 0 N–H and O–H groups in total. The van der Waals surface area contributed by atoms with E-state index >= 15 is 0 Å². The number of amides is 2. The maximum absolute atomic E-state index is 13.2. The molecule has 2 amide bonds. The number of carbonyl (C=O) groups is 2. The molecule has 2 aromatic carbocycles. The summed E-state index contributed by atoms with van der Waals surface area (Å²) in [6, 6.07) is 14.5. The summed E-state index contributed by atoms with van der Waals surface area (Å²) in [5, 5.41) is 4.74. The van der Waals surface area contributed by atoms with Crippen LogP contribution in [0.15, 0.2) is 53.1 Å². The first-order chi connectivity index (χ1) is 16.0.